The zero-order valence-electron chi connectivity index (χ0n) is 20.2. The van der Waals surface area contributed by atoms with Crippen LogP contribution in [-0.2, 0) is 4.74 Å². The number of rotatable bonds is 5. The molecule has 3 aromatic heterocycles. The maximum Gasteiger partial charge on any atom is 0.336 e. The number of morpholine rings is 1. The van der Waals surface area contributed by atoms with Gasteiger partial charge in [0, 0.05) is 80.0 Å². The minimum absolute atomic E-state index is 0.0729. The number of pyridine rings is 2. The Morgan fingerprint density at radius 3 is 2.44 bits per heavy atom. The van der Waals surface area contributed by atoms with Crippen LogP contribution in [0, 0.1) is 6.92 Å². The van der Waals surface area contributed by atoms with E-state index >= 15 is 0 Å². The topological polar surface area (TPSA) is 73.5 Å². The summed E-state index contributed by atoms with van der Waals surface area (Å²) in [5, 5.41) is 9.88. The number of aromatic nitrogens is 2. The van der Waals surface area contributed by atoms with Crippen LogP contribution in [0.1, 0.15) is 34.6 Å². The van der Waals surface area contributed by atoms with Gasteiger partial charge < -0.3 is 24.0 Å². The van der Waals surface area contributed by atoms with Crippen LogP contribution < -0.4 is 4.90 Å². The van der Waals surface area contributed by atoms with Gasteiger partial charge in [-0.25, -0.2) is 9.78 Å². The van der Waals surface area contributed by atoms with E-state index in [-0.39, 0.29) is 6.04 Å². The van der Waals surface area contributed by atoms with E-state index in [1.807, 2.05) is 13.1 Å². The standard InChI is InChI=1S/C26H33N5O3/c1-18-23(26(32)33)15-22-14-21(17-31(22)25(18)19(2)29-10-12-34-13-11-29)20-4-5-24(27-16-20)30-8-6-28(3)7-9-30/h4-5,14-17,19H,6-13H2,1-3H3,(H,32,33). The summed E-state index contributed by atoms with van der Waals surface area (Å²) in [5.74, 6) is 0.114. The van der Waals surface area contributed by atoms with Crippen LogP contribution in [0.3, 0.4) is 0 Å². The van der Waals surface area contributed by atoms with Gasteiger partial charge in [-0.3, -0.25) is 4.90 Å². The first kappa shape index (κ1) is 22.8. The molecule has 8 nitrogen and oxygen atoms in total. The second-order valence-corrected chi connectivity index (χ2v) is 9.42. The number of aromatic carboxylic acids is 1. The highest BCUT2D eigenvalue weighted by Gasteiger charge is 2.25. The largest absolute Gasteiger partial charge is 0.478 e. The lowest BCUT2D eigenvalue weighted by Gasteiger charge is -2.34. The van der Waals surface area contributed by atoms with Crippen LogP contribution in [0.4, 0.5) is 5.82 Å². The van der Waals surface area contributed by atoms with Gasteiger partial charge in [-0.1, -0.05) is 0 Å². The van der Waals surface area contributed by atoms with Crippen molar-refractivity contribution < 1.29 is 14.6 Å². The number of ether oxygens (including phenoxy) is 1. The van der Waals surface area contributed by atoms with Crippen molar-refractivity contribution in [1.29, 1.82) is 0 Å². The fourth-order valence-corrected chi connectivity index (χ4v) is 5.19. The van der Waals surface area contributed by atoms with Crippen molar-refractivity contribution in [3.63, 3.8) is 0 Å². The zero-order valence-corrected chi connectivity index (χ0v) is 20.2. The van der Waals surface area contributed by atoms with Crippen LogP contribution >= 0.6 is 0 Å². The maximum absolute atomic E-state index is 12.0. The fraction of sp³-hybridized carbons (Fsp3) is 0.462. The molecule has 8 heteroatoms. The molecule has 0 radical (unpaired) electrons. The normalized spacial score (nSPS) is 19.0. The van der Waals surface area contributed by atoms with Gasteiger partial charge in [0.2, 0.25) is 0 Å². The van der Waals surface area contributed by atoms with Gasteiger partial charge >= 0.3 is 5.97 Å². The Labute approximate surface area is 200 Å². The van der Waals surface area contributed by atoms with Crippen molar-refractivity contribution in [1.82, 2.24) is 19.2 Å². The number of hydrogen-bond acceptors (Lipinski definition) is 6. The second-order valence-electron chi connectivity index (χ2n) is 9.42. The molecule has 5 rings (SSSR count). The first-order valence-electron chi connectivity index (χ1n) is 12.0. The quantitative estimate of drug-likeness (QED) is 0.623. The number of carboxylic acids is 1. The number of nitrogens with zero attached hydrogens (tertiary/aromatic N) is 5. The van der Waals surface area contributed by atoms with Crippen molar-refractivity contribution in [3.8, 4) is 11.1 Å². The Bertz CT molecular complexity index is 1180. The monoisotopic (exact) mass is 463 g/mol. The summed E-state index contributed by atoms with van der Waals surface area (Å²) in [4.78, 5) is 23.8. The molecule has 34 heavy (non-hydrogen) atoms. The Kier molecular flexibility index (Phi) is 6.29. The molecular formula is C26H33N5O3. The summed E-state index contributed by atoms with van der Waals surface area (Å²) >= 11 is 0. The predicted octanol–water partition coefficient (Wildman–Crippen LogP) is 3.15. The molecule has 0 aliphatic carbocycles. The Morgan fingerprint density at radius 1 is 1.06 bits per heavy atom. The summed E-state index contributed by atoms with van der Waals surface area (Å²) in [6, 6.07) is 8.12. The van der Waals surface area contributed by atoms with Gasteiger partial charge in [0.15, 0.2) is 0 Å². The molecule has 1 unspecified atom stereocenters. The molecule has 0 aromatic carbocycles. The lowest BCUT2D eigenvalue weighted by Crippen LogP contribution is -2.44. The molecule has 2 aliphatic rings. The summed E-state index contributed by atoms with van der Waals surface area (Å²) in [6.07, 6.45) is 4.05. The minimum Gasteiger partial charge on any atom is -0.478 e. The molecule has 2 saturated heterocycles. The van der Waals surface area contributed by atoms with Gasteiger partial charge in [-0.05, 0) is 50.7 Å². The molecule has 2 aliphatic heterocycles. The van der Waals surface area contributed by atoms with Gasteiger partial charge in [-0.15, -0.1) is 0 Å². The van der Waals surface area contributed by atoms with Crippen LogP contribution in [0.5, 0.6) is 0 Å². The minimum atomic E-state index is -0.892. The first-order chi connectivity index (χ1) is 16.4. The van der Waals surface area contributed by atoms with Crippen LogP contribution in [0.15, 0.2) is 36.7 Å². The van der Waals surface area contributed by atoms with Gasteiger partial charge in [0.05, 0.1) is 18.8 Å². The van der Waals surface area contributed by atoms with Gasteiger partial charge in [0.25, 0.3) is 0 Å². The smallest absolute Gasteiger partial charge is 0.336 e. The van der Waals surface area contributed by atoms with E-state index in [2.05, 4.69) is 57.5 Å². The van der Waals surface area contributed by atoms with Crippen molar-refractivity contribution >= 4 is 17.3 Å². The molecule has 2 fully saturated rings. The Morgan fingerprint density at radius 2 is 1.79 bits per heavy atom. The number of piperazine rings is 1. The second kappa shape index (κ2) is 9.37. The van der Waals surface area contributed by atoms with E-state index < -0.39 is 5.97 Å². The fourth-order valence-electron chi connectivity index (χ4n) is 5.19. The highest BCUT2D eigenvalue weighted by Crippen LogP contribution is 2.32. The molecule has 0 bridgehead atoms. The summed E-state index contributed by atoms with van der Waals surface area (Å²) in [5.41, 5.74) is 5.14. The Balaban J connectivity index is 1.51. The van der Waals surface area contributed by atoms with E-state index in [0.717, 1.165) is 73.0 Å². The molecule has 0 spiro atoms. The lowest BCUT2D eigenvalue weighted by atomic mass is 10.0. The number of carboxylic acid groups (broad SMARTS) is 1. The zero-order chi connectivity index (χ0) is 23.8. The van der Waals surface area contributed by atoms with E-state index in [1.165, 1.54) is 0 Å². The third kappa shape index (κ3) is 4.29. The average molecular weight is 464 g/mol. The van der Waals surface area contributed by atoms with Gasteiger partial charge in [0.1, 0.15) is 5.82 Å². The molecule has 1 atom stereocenters. The van der Waals surface area contributed by atoms with Crippen LogP contribution in [-0.4, -0.2) is 89.8 Å². The molecule has 0 saturated carbocycles. The van der Waals surface area contributed by atoms with Crippen molar-refractivity contribution in [2.24, 2.45) is 0 Å². The number of hydrogen-bond donors (Lipinski definition) is 1. The maximum atomic E-state index is 12.0. The SMILES string of the molecule is Cc1c(C(=O)O)cc2cc(-c3ccc(N4CCN(C)CC4)nc3)cn2c1C(C)N1CCOCC1. The highest BCUT2D eigenvalue weighted by molar-refractivity contribution is 5.91. The van der Waals surface area contributed by atoms with Gasteiger partial charge in [-0.2, -0.15) is 0 Å². The highest BCUT2D eigenvalue weighted by atomic mass is 16.5. The number of carbonyl (C=O) groups is 1. The molecular weight excluding hydrogens is 430 g/mol. The third-order valence-electron chi connectivity index (χ3n) is 7.32. The lowest BCUT2D eigenvalue weighted by molar-refractivity contribution is 0.0187. The predicted molar refractivity (Wildman–Crippen MR) is 133 cm³/mol. The summed E-state index contributed by atoms with van der Waals surface area (Å²) in [6.45, 7) is 11.2. The number of anilines is 1. The summed E-state index contributed by atoms with van der Waals surface area (Å²) in [7, 11) is 2.15. The molecule has 0 amide bonds. The average Bonchev–Trinajstić information content (AvgIpc) is 3.28. The van der Waals surface area contributed by atoms with E-state index in [9.17, 15) is 9.90 Å². The third-order valence-corrected chi connectivity index (χ3v) is 7.32. The summed E-state index contributed by atoms with van der Waals surface area (Å²) < 4.78 is 7.69. The van der Waals surface area contributed by atoms with Crippen molar-refractivity contribution in [3.05, 3.63) is 53.5 Å². The molecule has 180 valence electrons. The van der Waals surface area contributed by atoms with Crippen molar-refractivity contribution in [2.45, 2.75) is 19.9 Å². The van der Waals surface area contributed by atoms with Crippen molar-refractivity contribution in [2.75, 3.05) is 64.4 Å². The molecule has 1 N–H and O–H groups in total. The Hall–Kier alpha value is -2.94. The molecule has 3 aromatic rings. The first-order valence-corrected chi connectivity index (χ1v) is 12.0. The van der Waals surface area contributed by atoms with E-state index in [0.29, 0.717) is 18.8 Å². The van der Waals surface area contributed by atoms with E-state index in [4.69, 9.17) is 9.72 Å². The van der Waals surface area contributed by atoms with Crippen LogP contribution in [0.2, 0.25) is 0 Å². The molecule has 5 heterocycles. The number of fused-ring (bicyclic) bond motifs is 1. The van der Waals surface area contributed by atoms with E-state index in [1.54, 1.807) is 6.07 Å². The number of likely N-dealkylation sites (N-methyl/N-ethyl adjacent to an activating group) is 1. The van der Waals surface area contributed by atoms with Crippen LogP contribution in [0.25, 0.3) is 16.6 Å².